The number of aryl methyl sites for hydroxylation is 1. The molecule has 0 aromatic heterocycles. The van der Waals surface area contributed by atoms with Crippen molar-refractivity contribution in [2.24, 2.45) is 0 Å². The molecule has 2 aromatic rings. The Balaban J connectivity index is 1.81. The lowest BCUT2D eigenvalue weighted by Gasteiger charge is -2.33. The number of carbonyl (C=O) groups is 2. The molecule has 2 amide bonds. The third-order valence-electron chi connectivity index (χ3n) is 4.63. The van der Waals surface area contributed by atoms with Crippen molar-refractivity contribution < 1.29 is 14.3 Å². The van der Waals surface area contributed by atoms with Crippen molar-refractivity contribution >= 4 is 28.9 Å². The van der Waals surface area contributed by atoms with E-state index < -0.39 is 0 Å². The van der Waals surface area contributed by atoms with E-state index in [1.165, 1.54) is 11.8 Å². The van der Waals surface area contributed by atoms with Gasteiger partial charge in [0.15, 0.2) is 0 Å². The van der Waals surface area contributed by atoms with E-state index in [4.69, 9.17) is 4.74 Å². The quantitative estimate of drug-likeness (QED) is 0.883. The normalized spacial score (nSPS) is 13.9. The number of anilines is 3. The first-order valence-corrected chi connectivity index (χ1v) is 9.11. The third-order valence-corrected chi connectivity index (χ3v) is 4.63. The van der Waals surface area contributed by atoms with Crippen LogP contribution in [0.2, 0.25) is 0 Å². The summed E-state index contributed by atoms with van der Waals surface area (Å²) in [5.41, 5.74) is 3.42. The van der Waals surface area contributed by atoms with Crippen LogP contribution in [0.3, 0.4) is 0 Å². The van der Waals surface area contributed by atoms with Gasteiger partial charge in [-0.05, 0) is 30.7 Å². The number of hydrogen-bond donors (Lipinski definition) is 1. The van der Waals surface area contributed by atoms with Gasteiger partial charge in [0.05, 0.1) is 24.6 Å². The minimum Gasteiger partial charge on any atom is -0.378 e. The van der Waals surface area contributed by atoms with Gasteiger partial charge in [0.1, 0.15) is 6.54 Å². The maximum atomic E-state index is 12.6. The van der Waals surface area contributed by atoms with E-state index >= 15 is 0 Å². The molecule has 0 saturated carbocycles. The second-order valence-electron chi connectivity index (χ2n) is 6.56. The summed E-state index contributed by atoms with van der Waals surface area (Å²) in [6.07, 6.45) is 0. The van der Waals surface area contributed by atoms with Gasteiger partial charge < -0.3 is 19.9 Å². The number of rotatable bonds is 5. The summed E-state index contributed by atoms with van der Waals surface area (Å²) in [5.74, 6) is -0.396. The van der Waals surface area contributed by atoms with Crippen LogP contribution in [-0.2, 0) is 14.3 Å². The topological polar surface area (TPSA) is 61.9 Å². The minimum atomic E-state index is -0.226. The molecule has 0 aliphatic carbocycles. The maximum Gasteiger partial charge on any atom is 0.244 e. The fraction of sp³-hybridized carbons (Fsp3) is 0.333. The first-order valence-electron chi connectivity index (χ1n) is 9.11. The molecule has 0 unspecified atom stereocenters. The average molecular weight is 367 g/mol. The number of carbonyl (C=O) groups excluding carboxylic acids is 2. The number of hydrogen-bond acceptors (Lipinski definition) is 4. The number of amides is 2. The fourth-order valence-corrected chi connectivity index (χ4v) is 3.18. The van der Waals surface area contributed by atoms with Crippen LogP contribution < -0.4 is 15.1 Å². The number of nitrogens with one attached hydrogen (secondary N) is 1. The smallest absolute Gasteiger partial charge is 0.244 e. The third kappa shape index (κ3) is 4.65. The Kier molecular flexibility index (Phi) is 6.08. The Hall–Kier alpha value is -2.86. The summed E-state index contributed by atoms with van der Waals surface area (Å²) in [7, 11) is 0. The van der Waals surface area contributed by atoms with Crippen LogP contribution in [0, 0.1) is 6.92 Å². The molecule has 1 aliphatic rings. The molecule has 6 nitrogen and oxygen atoms in total. The molecular weight excluding hydrogens is 342 g/mol. The highest BCUT2D eigenvalue weighted by Gasteiger charge is 2.22. The second-order valence-corrected chi connectivity index (χ2v) is 6.56. The molecule has 0 atom stereocenters. The Morgan fingerprint density at radius 3 is 2.44 bits per heavy atom. The highest BCUT2D eigenvalue weighted by Crippen LogP contribution is 2.30. The molecule has 1 aliphatic heterocycles. The van der Waals surface area contributed by atoms with Gasteiger partial charge in [-0.25, -0.2) is 0 Å². The summed E-state index contributed by atoms with van der Waals surface area (Å²) >= 11 is 0. The largest absolute Gasteiger partial charge is 0.378 e. The fourth-order valence-electron chi connectivity index (χ4n) is 3.18. The summed E-state index contributed by atoms with van der Waals surface area (Å²) in [6.45, 7) is 6.22. The SMILES string of the molecule is CC(=O)N(CC(=O)Nc1ccccc1C)c1ccccc1N1CCOCC1. The van der Waals surface area contributed by atoms with Crippen molar-refractivity contribution in [2.75, 3.05) is 48.0 Å². The maximum absolute atomic E-state index is 12.6. The molecular formula is C21H25N3O3. The Morgan fingerprint density at radius 2 is 1.74 bits per heavy atom. The Bertz CT molecular complexity index is 816. The van der Waals surface area contributed by atoms with Crippen LogP contribution in [-0.4, -0.2) is 44.7 Å². The van der Waals surface area contributed by atoms with Crippen LogP contribution in [0.25, 0.3) is 0 Å². The van der Waals surface area contributed by atoms with Crippen molar-refractivity contribution in [3.63, 3.8) is 0 Å². The van der Waals surface area contributed by atoms with E-state index in [1.54, 1.807) is 0 Å². The van der Waals surface area contributed by atoms with E-state index in [0.717, 1.165) is 35.7 Å². The second kappa shape index (κ2) is 8.68. The Morgan fingerprint density at radius 1 is 1.07 bits per heavy atom. The van der Waals surface area contributed by atoms with Gasteiger partial charge in [0.2, 0.25) is 11.8 Å². The molecule has 3 rings (SSSR count). The monoisotopic (exact) mass is 367 g/mol. The molecule has 1 saturated heterocycles. The molecule has 1 fully saturated rings. The van der Waals surface area contributed by atoms with E-state index in [0.29, 0.717) is 13.2 Å². The van der Waals surface area contributed by atoms with Crippen molar-refractivity contribution in [2.45, 2.75) is 13.8 Å². The molecule has 1 heterocycles. The molecule has 2 aromatic carbocycles. The van der Waals surface area contributed by atoms with Gasteiger partial charge >= 0.3 is 0 Å². The van der Waals surface area contributed by atoms with Crippen LogP contribution in [0.5, 0.6) is 0 Å². The van der Waals surface area contributed by atoms with Crippen LogP contribution in [0.1, 0.15) is 12.5 Å². The lowest BCUT2D eigenvalue weighted by molar-refractivity contribution is -0.120. The summed E-state index contributed by atoms with van der Waals surface area (Å²) < 4.78 is 5.42. The van der Waals surface area contributed by atoms with Gasteiger partial charge in [-0.3, -0.25) is 9.59 Å². The Labute approximate surface area is 159 Å². The lowest BCUT2D eigenvalue weighted by Crippen LogP contribution is -2.40. The minimum absolute atomic E-state index is 0.0367. The summed E-state index contributed by atoms with van der Waals surface area (Å²) in [6, 6.07) is 15.3. The molecule has 142 valence electrons. The highest BCUT2D eigenvalue weighted by atomic mass is 16.5. The first kappa shape index (κ1) is 18.9. The van der Waals surface area contributed by atoms with Crippen molar-refractivity contribution in [3.8, 4) is 0 Å². The van der Waals surface area contributed by atoms with Crippen molar-refractivity contribution in [1.29, 1.82) is 0 Å². The number of morpholine rings is 1. The van der Waals surface area contributed by atoms with E-state index in [-0.39, 0.29) is 18.4 Å². The molecule has 6 heteroatoms. The predicted molar refractivity (Wildman–Crippen MR) is 107 cm³/mol. The predicted octanol–water partition coefficient (Wildman–Crippen LogP) is 2.82. The van der Waals surface area contributed by atoms with Gasteiger partial charge in [-0.1, -0.05) is 30.3 Å². The van der Waals surface area contributed by atoms with Crippen LogP contribution in [0.15, 0.2) is 48.5 Å². The summed E-state index contributed by atoms with van der Waals surface area (Å²) in [4.78, 5) is 28.7. The van der Waals surface area contributed by atoms with E-state index in [1.807, 2.05) is 55.5 Å². The number of benzene rings is 2. The van der Waals surface area contributed by atoms with E-state index in [2.05, 4.69) is 10.2 Å². The highest BCUT2D eigenvalue weighted by molar-refractivity contribution is 6.03. The molecule has 0 radical (unpaired) electrons. The number of para-hydroxylation sites is 3. The molecule has 1 N–H and O–H groups in total. The van der Waals surface area contributed by atoms with Gasteiger partial charge in [-0.2, -0.15) is 0 Å². The van der Waals surface area contributed by atoms with Crippen molar-refractivity contribution in [1.82, 2.24) is 0 Å². The molecule has 27 heavy (non-hydrogen) atoms. The van der Waals surface area contributed by atoms with E-state index in [9.17, 15) is 9.59 Å². The van der Waals surface area contributed by atoms with Gasteiger partial charge in [0, 0.05) is 25.7 Å². The van der Waals surface area contributed by atoms with Crippen LogP contribution in [0.4, 0.5) is 17.1 Å². The number of ether oxygens (including phenoxy) is 1. The zero-order valence-corrected chi connectivity index (χ0v) is 15.8. The molecule has 0 bridgehead atoms. The van der Waals surface area contributed by atoms with Crippen LogP contribution >= 0.6 is 0 Å². The lowest BCUT2D eigenvalue weighted by atomic mass is 10.2. The van der Waals surface area contributed by atoms with Crippen molar-refractivity contribution in [3.05, 3.63) is 54.1 Å². The zero-order valence-electron chi connectivity index (χ0n) is 15.8. The average Bonchev–Trinajstić information content (AvgIpc) is 2.68. The first-order chi connectivity index (χ1) is 13.1. The standard InChI is InChI=1S/C21H25N3O3/c1-16-7-3-4-8-18(16)22-21(26)15-24(17(2)25)20-10-6-5-9-19(20)23-11-13-27-14-12-23/h3-10H,11-15H2,1-2H3,(H,22,26). The molecule has 0 spiro atoms. The zero-order chi connectivity index (χ0) is 19.2. The number of nitrogens with zero attached hydrogens (tertiary/aromatic N) is 2. The summed E-state index contributed by atoms with van der Waals surface area (Å²) in [5, 5.41) is 2.90. The van der Waals surface area contributed by atoms with Gasteiger partial charge in [0.25, 0.3) is 0 Å². The van der Waals surface area contributed by atoms with Gasteiger partial charge in [-0.15, -0.1) is 0 Å².